The molecule has 31 heavy (non-hydrogen) atoms. The molecular formula is C24H37N5O2. The molecule has 4 rings (SSSR count). The van der Waals surface area contributed by atoms with Gasteiger partial charge in [0.2, 0.25) is 5.91 Å². The quantitative estimate of drug-likeness (QED) is 0.752. The van der Waals surface area contributed by atoms with Gasteiger partial charge in [-0.05, 0) is 24.8 Å². The summed E-state index contributed by atoms with van der Waals surface area (Å²) in [6.45, 7) is 3.23. The first kappa shape index (κ1) is 22.1. The molecule has 7 nitrogen and oxygen atoms in total. The van der Waals surface area contributed by atoms with Crippen LogP contribution in [0.25, 0.3) is 0 Å². The zero-order chi connectivity index (χ0) is 22.2. The van der Waals surface area contributed by atoms with Crippen molar-refractivity contribution in [3.63, 3.8) is 0 Å². The number of hydrogen-bond acceptors (Lipinski definition) is 4. The number of amides is 3. The summed E-state index contributed by atoms with van der Waals surface area (Å²) in [6.07, 6.45) is 3.90. The fraction of sp³-hybridized carbons (Fsp3) is 0.667. The van der Waals surface area contributed by atoms with Crippen LogP contribution in [0.5, 0.6) is 0 Å². The second-order valence-corrected chi connectivity index (χ2v) is 10.0. The number of urea groups is 1. The molecule has 2 atom stereocenters. The van der Waals surface area contributed by atoms with Crippen molar-refractivity contribution < 1.29 is 9.59 Å². The van der Waals surface area contributed by atoms with Crippen LogP contribution in [0, 0.1) is 0 Å². The molecule has 0 spiro atoms. The average Bonchev–Trinajstić information content (AvgIpc) is 3.50. The zero-order valence-electron chi connectivity index (χ0n) is 19.4. The lowest BCUT2D eigenvalue weighted by molar-refractivity contribution is -0.137. The summed E-state index contributed by atoms with van der Waals surface area (Å²) in [7, 11) is 7.19. The Morgan fingerprint density at radius 3 is 2.26 bits per heavy atom. The van der Waals surface area contributed by atoms with Gasteiger partial charge >= 0.3 is 6.03 Å². The Kier molecular flexibility index (Phi) is 6.26. The Bertz CT molecular complexity index is 782. The second-order valence-electron chi connectivity index (χ2n) is 10.0. The normalized spacial score (nSPS) is 25.6. The average molecular weight is 428 g/mol. The smallest absolute Gasteiger partial charge is 0.319 e. The van der Waals surface area contributed by atoms with E-state index >= 15 is 0 Å². The number of hydrogen-bond donors (Lipinski definition) is 1. The van der Waals surface area contributed by atoms with Crippen molar-refractivity contribution >= 4 is 11.9 Å². The highest BCUT2D eigenvalue weighted by atomic mass is 16.2. The lowest BCUT2D eigenvalue weighted by Crippen LogP contribution is -2.74. The first-order valence-electron chi connectivity index (χ1n) is 11.5. The molecule has 2 aliphatic heterocycles. The number of rotatable bonds is 6. The van der Waals surface area contributed by atoms with E-state index in [-0.39, 0.29) is 17.5 Å². The minimum Gasteiger partial charge on any atom is -0.349 e. The van der Waals surface area contributed by atoms with E-state index in [1.54, 1.807) is 23.9 Å². The van der Waals surface area contributed by atoms with E-state index in [1.165, 1.54) is 12.0 Å². The predicted octanol–water partition coefficient (Wildman–Crippen LogP) is 1.81. The van der Waals surface area contributed by atoms with Crippen LogP contribution in [-0.2, 0) is 4.79 Å². The molecule has 2 heterocycles. The molecule has 1 aliphatic carbocycles. The number of nitrogens with one attached hydrogen (secondary N) is 1. The fourth-order valence-corrected chi connectivity index (χ4v) is 5.22. The SMILES string of the molecule is CN(C)C(=O)CC1(N2CCC(N[C@@H]3C[C@H]3c3ccccc3)CC2)CN(C(=O)N(C)C)C1. The van der Waals surface area contributed by atoms with Crippen LogP contribution in [0.1, 0.15) is 37.2 Å². The molecule has 3 aliphatic rings. The van der Waals surface area contributed by atoms with E-state index in [1.807, 2.05) is 19.0 Å². The number of carbonyl (C=O) groups excluding carboxylic acids is 2. The van der Waals surface area contributed by atoms with Crippen LogP contribution < -0.4 is 5.32 Å². The van der Waals surface area contributed by atoms with Crippen molar-refractivity contribution in [2.45, 2.75) is 49.2 Å². The Morgan fingerprint density at radius 1 is 1.03 bits per heavy atom. The Balaban J connectivity index is 1.32. The summed E-state index contributed by atoms with van der Waals surface area (Å²) >= 11 is 0. The Labute approximate surface area is 186 Å². The number of likely N-dealkylation sites (tertiary alicyclic amines) is 2. The van der Waals surface area contributed by atoms with Crippen LogP contribution in [0.4, 0.5) is 4.79 Å². The third-order valence-corrected chi connectivity index (χ3v) is 7.24. The molecule has 7 heteroatoms. The summed E-state index contributed by atoms with van der Waals surface area (Å²) < 4.78 is 0. The molecule has 2 saturated heterocycles. The monoisotopic (exact) mass is 427 g/mol. The van der Waals surface area contributed by atoms with Gasteiger partial charge in [0.15, 0.2) is 0 Å². The molecule has 0 unspecified atom stereocenters. The Morgan fingerprint density at radius 2 is 1.68 bits per heavy atom. The first-order chi connectivity index (χ1) is 14.8. The van der Waals surface area contributed by atoms with Gasteiger partial charge in [0, 0.05) is 78.8 Å². The third kappa shape index (κ3) is 4.72. The van der Waals surface area contributed by atoms with Gasteiger partial charge in [-0.3, -0.25) is 9.69 Å². The van der Waals surface area contributed by atoms with Crippen molar-refractivity contribution in [2.75, 3.05) is 54.4 Å². The molecule has 0 bridgehead atoms. The molecule has 170 valence electrons. The van der Waals surface area contributed by atoms with E-state index in [0.29, 0.717) is 37.5 Å². The molecule has 1 N–H and O–H groups in total. The van der Waals surface area contributed by atoms with E-state index in [4.69, 9.17) is 0 Å². The number of piperidine rings is 1. The van der Waals surface area contributed by atoms with Gasteiger partial charge in [-0.1, -0.05) is 30.3 Å². The number of nitrogens with zero attached hydrogens (tertiary/aromatic N) is 4. The molecule has 1 aromatic rings. The number of benzene rings is 1. The summed E-state index contributed by atoms with van der Waals surface area (Å²) in [5.41, 5.74) is 1.23. The first-order valence-corrected chi connectivity index (χ1v) is 11.5. The standard InChI is InChI=1S/C24H37N5O2/c1-26(2)22(30)15-24(16-28(17-24)23(31)27(3)4)29-12-10-19(11-13-29)25-21-14-20(21)18-8-6-5-7-9-18/h5-9,19-21,25H,10-17H2,1-4H3/t20-,21+/m0/s1. The van der Waals surface area contributed by atoms with Gasteiger partial charge in [-0.25, -0.2) is 4.79 Å². The largest absolute Gasteiger partial charge is 0.349 e. The lowest BCUT2D eigenvalue weighted by Gasteiger charge is -2.57. The minimum atomic E-state index is -0.218. The maximum absolute atomic E-state index is 12.6. The maximum Gasteiger partial charge on any atom is 0.319 e. The van der Waals surface area contributed by atoms with Gasteiger partial charge in [0.05, 0.1) is 5.54 Å². The summed E-state index contributed by atoms with van der Waals surface area (Å²) in [5, 5.41) is 3.88. The van der Waals surface area contributed by atoms with Gasteiger partial charge in [-0.15, -0.1) is 0 Å². The van der Waals surface area contributed by atoms with Gasteiger partial charge in [-0.2, -0.15) is 0 Å². The predicted molar refractivity (Wildman–Crippen MR) is 122 cm³/mol. The highest BCUT2D eigenvalue weighted by Gasteiger charge is 2.52. The van der Waals surface area contributed by atoms with Crippen LogP contribution in [0.15, 0.2) is 30.3 Å². The highest BCUT2D eigenvalue weighted by Crippen LogP contribution is 2.42. The Hall–Kier alpha value is -2.12. The van der Waals surface area contributed by atoms with Crippen LogP contribution in [0.3, 0.4) is 0 Å². The van der Waals surface area contributed by atoms with Crippen LogP contribution in [0.2, 0.25) is 0 Å². The van der Waals surface area contributed by atoms with Crippen molar-refractivity contribution in [1.29, 1.82) is 0 Å². The second kappa shape index (κ2) is 8.79. The van der Waals surface area contributed by atoms with Crippen molar-refractivity contribution in [3.05, 3.63) is 35.9 Å². The fourth-order valence-electron chi connectivity index (χ4n) is 5.22. The molecule has 3 fully saturated rings. The highest BCUT2D eigenvalue weighted by molar-refractivity contribution is 5.79. The molecular weight excluding hydrogens is 390 g/mol. The van der Waals surface area contributed by atoms with Crippen LogP contribution >= 0.6 is 0 Å². The molecule has 0 aromatic heterocycles. The molecule has 1 aromatic carbocycles. The van der Waals surface area contributed by atoms with Gasteiger partial charge in [0.1, 0.15) is 0 Å². The molecule has 3 amide bonds. The van der Waals surface area contributed by atoms with Crippen molar-refractivity contribution in [2.24, 2.45) is 0 Å². The third-order valence-electron chi connectivity index (χ3n) is 7.24. The van der Waals surface area contributed by atoms with E-state index < -0.39 is 0 Å². The summed E-state index contributed by atoms with van der Waals surface area (Å²) in [5.74, 6) is 0.793. The van der Waals surface area contributed by atoms with Gasteiger partial charge in [0.25, 0.3) is 0 Å². The molecule has 1 saturated carbocycles. The summed E-state index contributed by atoms with van der Waals surface area (Å²) in [4.78, 5) is 32.6. The van der Waals surface area contributed by atoms with E-state index in [2.05, 4.69) is 40.5 Å². The minimum absolute atomic E-state index is 0.0326. The lowest BCUT2D eigenvalue weighted by atomic mass is 9.82. The summed E-state index contributed by atoms with van der Waals surface area (Å²) in [6, 6.07) is 12.0. The number of carbonyl (C=O) groups is 2. The van der Waals surface area contributed by atoms with Crippen LogP contribution in [-0.4, -0.2) is 104 Å². The molecule has 0 radical (unpaired) electrons. The van der Waals surface area contributed by atoms with E-state index in [0.717, 1.165) is 25.9 Å². The maximum atomic E-state index is 12.6. The van der Waals surface area contributed by atoms with E-state index in [9.17, 15) is 9.59 Å². The van der Waals surface area contributed by atoms with Crippen molar-refractivity contribution in [1.82, 2.24) is 24.9 Å². The zero-order valence-corrected chi connectivity index (χ0v) is 19.4. The van der Waals surface area contributed by atoms with Gasteiger partial charge < -0.3 is 20.0 Å². The van der Waals surface area contributed by atoms with Crippen molar-refractivity contribution in [3.8, 4) is 0 Å². The topological polar surface area (TPSA) is 59.1 Å².